The third kappa shape index (κ3) is 2.76. The fourth-order valence-corrected chi connectivity index (χ4v) is 2.42. The van der Waals surface area contributed by atoms with Crippen LogP contribution in [0.3, 0.4) is 0 Å². The molecule has 0 amide bonds. The molecule has 88 valence electrons. The average Bonchev–Trinajstić information content (AvgIpc) is 2.73. The summed E-state index contributed by atoms with van der Waals surface area (Å²) in [7, 11) is 0. The zero-order valence-corrected chi connectivity index (χ0v) is 10.00. The van der Waals surface area contributed by atoms with Crippen molar-refractivity contribution in [3.05, 3.63) is 29.3 Å². The lowest BCUT2D eigenvalue weighted by Gasteiger charge is -2.15. The quantitative estimate of drug-likeness (QED) is 0.798. The minimum absolute atomic E-state index is 0.288. The van der Waals surface area contributed by atoms with Gasteiger partial charge in [0.2, 0.25) is 0 Å². The molecule has 2 rings (SSSR count). The molecule has 2 N–H and O–H groups in total. The minimum atomic E-state index is 0.288. The van der Waals surface area contributed by atoms with Gasteiger partial charge in [0.25, 0.3) is 0 Å². The Kier molecular flexibility index (Phi) is 3.83. The highest BCUT2D eigenvalue weighted by molar-refractivity contribution is 5.50. The highest BCUT2D eigenvalue weighted by Crippen LogP contribution is 2.25. The van der Waals surface area contributed by atoms with E-state index in [9.17, 15) is 0 Å². The molecule has 1 atom stereocenters. The van der Waals surface area contributed by atoms with E-state index in [0.717, 1.165) is 12.8 Å². The van der Waals surface area contributed by atoms with Gasteiger partial charge in [-0.3, -0.25) is 0 Å². The van der Waals surface area contributed by atoms with Crippen LogP contribution in [-0.4, -0.2) is 17.8 Å². The van der Waals surface area contributed by atoms with Gasteiger partial charge in [0.15, 0.2) is 0 Å². The van der Waals surface area contributed by atoms with Crippen molar-refractivity contribution in [3.63, 3.8) is 0 Å². The van der Waals surface area contributed by atoms with Crippen LogP contribution >= 0.6 is 0 Å². The first-order valence-electron chi connectivity index (χ1n) is 6.29. The summed E-state index contributed by atoms with van der Waals surface area (Å²) in [6, 6.07) is 7.16. The van der Waals surface area contributed by atoms with E-state index in [1.807, 2.05) is 0 Å². The Morgan fingerprint density at radius 2 is 2.12 bits per heavy atom. The van der Waals surface area contributed by atoms with Crippen molar-refractivity contribution < 1.29 is 5.11 Å². The normalized spacial score (nSPS) is 15.9. The van der Waals surface area contributed by atoms with Crippen molar-refractivity contribution in [1.82, 2.24) is 0 Å². The third-order valence-electron chi connectivity index (χ3n) is 3.31. The van der Waals surface area contributed by atoms with Crippen LogP contribution < -0.4 is 5.32 Å². The summed E-state index contributed by atoms with van der Waals surface area (Å²) >= 11 is 0. The number of rotatable bonds is 5. The second kappa shape index (κ2) is 5.35. The molecule has 1 aliphatic carbocycles. The van der Waals surface area contributed by atoms with Gasteiger partial charge in [-0.2, -0.15) is 0 Å². The molecule has 0 heterocycles. The summed E-state index contributed by atoms with van der Waals surface area (Å²) in [5.41, 5.74) is 4.26. The fourth-order valence-electron chi connectivity index (χ4n) is 2.42. The van der Waals surface area contributed by atoms with Gasteiger partial charge in [0.1, 0.15) is 0 Å². The number of anilines is 1. The van der Waals surface area contributed by atoms with Gasteiger partial charge in [-0.15, -0.1) is 0 Å². The van der Waals surface area contributed by atoms with Gasteiger partial charge in [-0.1, -0.05) is 6.07 Å². The first kappa shape index (κ1) is 11.5. The summed E-state index contributed by atoms with van der Waals surface area (Å²) in [4.78, 5) is 0. The molecule has 0 aromatic heterocycles. The Hall–Kier alpha value is -1.02. The summed E-state index contributed by atoms with van der Waals surface area (Å²) < 4.78 is 0. The average molecular weight is 219 g/mol. The third-order valence-corrected chi connectivity index (χ3v) is 3.31. The van der Waals surface area contributed by atoms with E-state index in [4.69, 9.17) is 5.11 Å². The van der Waals surface area contributed by atoms with Gasteiger partial charge in [0, 0.05) is 18.3 Å². The Bertz CT molecular complexity index is 349. The molecule has 0 aliphatic heterocycles. The Morgan fingerprint density at radius 3 is 2.94 bits per heavy atom. The van der Waals surface area contributed by atoms with Crippen molar-refractivity contribution in [2.24, 2.45) is 0 Å². The predicted octanol–water partition coefficient (Wildman–Crippen LogP) is 2.75. The predicted molar refractivity (Wildman–Crippen MR) is 67.9 cm³/mol. The number of fused-ring (bicyclic) bond motifs is 1. The molecular weight excluding hydrogens is 198 g/mol. The molecule has 0 fully saturated rings. The van der Waals surface area contributed by atoms with Crippen LogP contribution in [0.5, 0.6) is 0 Å². The van der Waals surface area contributed by atoms with E-state index in [2.05, 4.69) is 30.4 Å². The number of aliphatic hydroxyl groups is 1. The zero-order valence-electron chi connectivity index (χ0n) is 10.00. The SMILES string of the molecule is CC(CCCO)Nc1ccc2c(c1)CCC2. The number of aliphatic hydroxyl groups excluding tert-OH is 1. The van der Waals surface area contributed by atoms with Crippen molar-refractivity contribution in [3.8, 4) is 0 Å². The molecule has 1 unspecified atom stereocenters. The van der Waals surface area contributed by atoms with Crippen LogP contribution in [0.1, 0.15) is 37.3 Å². The Morgan fingerprint density at radius 1 is 1.31 bits per heavy atom. The number of hydrogen-bond donors (Lipinski definition) is 2. The highest BCUT2D eigenvalue weighted by atomic mass is 16.2. The highest BCUT2D eigenvalue weighted by Gasteiger charge is 2.11. The Balaban J connectivity index is 1.94. The molecule has 0 spiro atoms. The van der Waals surface area contributed by atoms with Gasteiger partial charge < -0.3 is 10.4 Å². The molecule has 0 bridgehead atoms. The molecule has 2 nitrogen and oxygen atoms in total. The fraction of sp³-hybridized carbons (Fsp3) is 0.571. The largest absolute Gasteiger partial charge is 0.396 e. The van der Waals surface area contributed by atoms with Crippen molar-refractivity contribution >= 4 is 5.69 Å². The van der Waals surface area contributed by atoms with E-state index >= 15 is 0 Å². The summed E-state index contributed by atoms with van der Waals surface area (Å²) in [6.07, 6.45) is 5.68. The van der Waals surface area contributed by atoms with E-state index in [-0.39, 0.29) is 6.61 Å². The van der Waals surface area contributed by atoms with Crippen LogP contribution in [0.4, 0.5) is 5.69 Å². The molecule has 1 aromatic carbocycles. The molecular formula is C14H21NO. The van der Waals surface area contributed by atoms with E-state index in [0.29, 0.717) is 6.04 Å². The topological polar surface area (TPSA) is 32.3 Å². The lowest BCUT2D eigenvalue weighted by Crippen LogP contribution is -2.15. The van der Waals surface area contributed by atoms with Crippen LogP contribution in [-0.2, 0) is 12.8 Å². The first-order valence-corrected chi connectivity index (χ1v) is 6.29. The van der Waals surface area contributed by atoms with Crippen LogP contribution in [0, 0.1) is 0 Å². The lowest BCUT2D eigenvalue weighted by molar-refractivity contribution is 0.282. The molecule has 1 aliphatic rings. The second-order valence-electron chi connectivity index (χ2n) is 4.75. The lowest BCUT2D eigenvalue weighted by atomic mass is 10.1. The van der Waals surface area contributed by atoms with Gasteiger partial charge in [-0.25, -0.2) is 0 Å². The number of nitrogens with one attached hydrogen (secondary N) is 1. The van der Waals surface area contributed by atoms with Crippen LogP contribution in [0.2, 0.25) is 0 Å². The summed E-state index contributed by atoms with van der Waals surface area (Å²) in [5, 5.41) is 12.3. The number of aryl methyl sites for hydroxylation is 2. The summed E-state index contributed by atoms with van der Waals surface area (Å²) in [6.45, 7) is 2.46. The number of benzene rings is 1. The molecule has 0 saturated heterocycles. The van der Waals surface area contributed by atoms with Crippen molar-refractivity contribution in [2.45, 2.75) is 45.1 Å². The maximum atomic E-state index is 8.78. The first-order chi connectivity index (χ1) is 7.79. The van der Waals surface area contributed by atoms with E-state index < -0.39 is 0 Å². The molecule has 16 heavy (non-hydrogen) atoms. The summed E-state index contributed by atoms with van der Waals surface area (Å²) in [5.74, 6) is 0. The van der Waals surface area contributed by atoms with Crippen molar-refractivity contribution in [1.29, 1.82) is 0 Å². The standard InChI is InChI=1S/C14H21NO/c1-11(4-3-9-16)15-14-8-7-12-5-2-6-13(12)10-14/h7-8,10-11,15-16H,2-6,9H2,1H3. The van der Waals surface area contributed by atoms with E-state index in [1.165, 1.54) is 36.1 Å². The molecule has 2 heteroatoms. The smallest absolute Gasteiger partial charge is 0.0431 e. The maximum Gasteiger partial charge on any atom is 0.0431 e. The van der Waals surface area contributed by atoms with Gasteiger partial charge in [0.05, 0.1) is 0 Å². The Labute approximate surface area is 97.7 Å². The molecule has 0 saturated carbocycles. The van der Waals surface area contributed by atoms with E-state index in [1.54, 1.807) is 0 Å². The number of hydrogen-bond acceptors (Lipinski definition) is 2. The molecule has 0 radical (unpaired) electrons. The van der Waals surface area contributed by atoms with Gasteiger partial charge in [-0.05, 0) is 62.3 Å². The zero-order chi connectivity index (χ0) is 11.4. The van der Waals surface area contributed by atoms with Crippen LogP contribution in [0.25, 0.3) is 0 Å². The monoisotopic (exact) mass is 219 g/mol. The van der Waals surface area contributed by atoms with Gasteiger partial charge >= 0.3 is 0 Å². The van der Waals surface area contributed by atoms with Crippen molar-refractivity contribution in [2.75, 3.05) is 11.9 Å². The maximum absolute atomic E-state index is 8.78. The minimum Gasteiger partial charge on any atom is -0.396 e. The second-order valence-corrected chi connectivity index (χ2v) is 4.75. The van der Waals surface area contributed by atoms with Crippen LogP contribution in [0.15, 0.2) is 18.2 Å². The molecule has 1 aromatic rings.